The monoisotopic (exact) mass is 432 g/mol. The van der Waals surface area contributed by atoms with E-state index >= 15 is 0 Å². The van der Waals surface area contributed by atoms with Crippen LogP contribution in [0.2, 0.25) is 0 Å². The smallest absolute Gasteiger partial charge is 0.378 e. The molecular weight excluding hydrogens is 391 g/mol. The summed E-state index contributed by atoms with van der Waals surface area (Å²) in [7, 11) is -4.24. The Bertz CT molecular complexity index is 377. The second-order valence-electron chi connectivity index (χ2n) is 6.74. The Morgan fingerprint density at radius 2 is 1.43 bits per heavy atom. The molecule has 10 nitrogen and oxygen atoms in total. The summed E-state index contributed by atoms with van der Waals surface area (Å²) in [6.07, 6.45) is 10.3. The SMILES string of the molecule is CCCCCCCCCCCCOP(=O)(O)O.NCCNC(O)CC(O)(O)O. The van der Waals surface area contributed by atoms with Crippen LogP contribution in [0.1, 0.15) is 77.6 Å². The van der Waals surface area contributed by atoms with Gasteiger partial charge in [-0.05, 0) is 6.42 Å². The Balaban J connectivity index is 0. The maximum Gasteiger partial charge on any atom is 0.469 e. The lowest BCUT2D eigenvalue weighted by Gasteiger charge is -2.18. The zero-order valence-electron chi connectivity index (χ0n) is 17.0. The molecule has 0 rings (SSSR count). The van der Waals surface area contributed by atoms with Crippen molar-refractivity contribution in [3.63, 3.8) is 0 Å². The van der Waals surface area contributed by atoms with Gasteiger partial charge in [0.2, 0.25) is 0 Å². The van der Waals surface area contributed by atoms with Crippen LogP contribution in [0.3, 0.4) is 0 Å². The minimum absolute atomic E-state index is 0.167. The second kappa shape index (κ2) is 18.9. The summed E-state index contributed by atoms with van der Waals surface area (Å²) >= 11 is 0. The molecule has 0 amide bonds. The van der Waals surface area contributed by atoms with Crippen LogP contribution in [0.25, 0.3) is 0 Å². The first-order chi connectivity index (χ1) is 13.0. The maximum atomic E-state index is 10.4. The molecular formula is C17H41N2O8P. The van der Waals surface area contributed by atoms with Gasteiger partial charge in [-0.15, -0.1) is 0 Å². The molecule has 0 aliphatic heterocycles. The molecule has 0 aromatic rings. The highest BCUT2D eigenvalue weighted by molar-refractivity contribution is 7.46. The van der Waals surface area contributed by atoms with Gasteiger partial charge >= 0.3 is 7.82 Å². The van der Waals surface area contributed by atoms with Gasteiger partial charge in [0, 0.05) is 13.1 Å². The van der Waals surface area contributed by atoms with Gasteiger partial charge in [-0.2, -0.15) is 0 Å². The highest BCUT2D eigenvalue weighted by Gasteiger charge is 2.22. The third-order valence-electron chi connectivity index (χ3n) is 3.75. The Hall–Kier alpha value is -0.130. The lowest BCUT2D eigenvalue weighted by Crippen LogP contribution is -2.41. The van der Waals surface area contributed by atoms with E-state index in [1.165, 1.54) is 44.9 Å². The summed E-state index contributed by atoms with van der Waals surface area (Å²) in [6.45, 7) is 3.06. The summed E-state index contributed by atoms with van der Waals surface area (Å²) in [5, 5.41) is 36.4. The molecule has 0 aromatic heterocycles. The summed E-state index contributed by atoms with van der Waals surface area (Å²) in [6, 6.07) is 0. The van der Waals surface area contributed by atoms with Crippen molar-refractivity contribution in [2.24, 2.45) is 5.73 Å². The number of phosphoric acid groups is 1. The molecule has 9 N–H and O–H groups in total. The molecule has 0 bridgehead atoms. The van der Waals surface area contributed by atoms with E-state index in [4.69, 9.17) is 35.9 Å². The maximum absolute atomic E-state index is 10.4. The number of hydrogen-bond acceptors (Lipinski definition) is 8. The van der Waals surface area contributed by atoms with Gasteiger partial charge < -0.3 is 35.9 Å². The molecule has 1 unspecified atom stereocenters. The molecule has 0 aliphatic carbocycles. The molecule has 11 heteroatoms. The summed E-state index contributed by atoms with van der Waals surface area (Å²) in [5.74, 6) is -2.83. The fourth-order valence-electron chi connectivity index (χ4n) is 2.35. The number of aliphatic hydroxyl groups excluding tert-OH is 1. The average Bonchev–Trinajstić information content (AvgIpc) is 2.56. The molecule has 28 heavy (non-hydrogen) atoms. The van der Waals surface area contributed by atoms with Crippen molar-refractivity contribution in [2.75, 3.05) is 19.7 Å². The molecule has 0 spiro atoms. The van der Waals surface area contributed by atoms with Crippen LogP contribution in [-0.2, 0) is 9.09 Å². The predicted molar refractivity (Wildman–Crippen MR) is 107 cm³/mol. The topological polar surface area (TPSA) is 186 Å². The van der Waals surface area contributed by atoms with Crippen molar-refractivity contribution in [1.82, 2.24) is 5.32 Å². The minimum Gasteiger partial charge on any atom is -0.378 e. The number of rotatable bonds is 17. The molecule has 0 aromatic carbocycles. The van der Waals surface area contributed by atoms with Crippen molar-refractivity contribution in [2.45, 2.75) is 89.8 Å². The van der Waals surface area contributed by atoms with Crippen LogP contribution < -0.4 is 11.1 Å². The lowest BCUT2D eigenvalue weighted by atomic mass is 10.1. The van der Waals surface area contributed by atoms with Crippen LogP contribution in [0.5, 0.6) is 0 Å². The molecule has 0 heterocycles. The summed E-state index contributed by atoms with van der Waals surface area (Å²) < 4.78 is 14.7. The standard InChI is InChI=1S/C12H27O4P.C5H14N2O4/c1-2-3-4-5-6-7-8-9-10-11-12-16-17(13,14)15;6-1-2-7-4(8)3-5(9,10)11/h2-12H2,1H3,(H2,13,14,15);4,7-11H,1-3,6H2. The Morgan fingerprint density at radius 3 is 1.82 bits per heavy atom. The molecule has 1 atom stereocenters. The highest BCUT2D eigenvalue weighted by atomic mass is 31.2. The van der Waals surface area contributed by atoms with Crippen LogP contribution in [0, 0.1) is 0 Å². The number of aliphatic hydroxyl groups is 4. The van der Waals surface area contributed by atoms with Crippen LogP contribution in [-0.4, -0.2) is 62.1 Å². The van der Waals surface area contributed by atoms with Gasteiger partial charge in [0.1, 0.15) is 6.23 Å². The van der Waals surface area contributed by atoms with E-state index in [-0.39, 0.29) is 6.61 Å². The first-order valence-electron chi connectivity index (χ1n) is 10.0. The Labute approximate surface area is 168 Å². The number of nitrogens with one attached hydrogen (secondary N) is 1. The zero-order valence-corrected chi connectivity index (χ0v) is 17.9. The normalized spacial score (nSPS) is 13.1. The quantitative estimate of drug-likeness (QED) is 0.0932. The lowest BCUT2D eigenvalue weighted by molar-refractivity contribution is -0.323. The van der Waals surface area contributed by atoms with Gasteiger partial charge in [-0.3, -0.25) is 9.84 Å². The molecule has 0 saturated heterocycles. The summed E-state index contributed by atoms with van der Waals surface area (Å²) in [4.78, 5) is 16.9. The largest absolute Gasteiger partial charge is 0.469 e. The van der Waals surface area contributed by atoms with Crippen molar-refractivity contribution >= 4 is 7.82 Å². The summed E-state index contributed by atoms with van der Waals surface area (Å²) in [5.41, 5.74) is 5.08. The third kappa shape index (κ3) is 30.6. The fraction of sp³-hybridized carbons (Fsp3) is 1.00. The van der Waals surface area contributed by atoms with Crippen molar-refractivity contribution in [3.8, 4) is 0 Å². The van der Waals surface area contributed by atoms with Gasteiger partial charge in [0.05, 0.1) is 13.0 Å². The van der Waals surface area contributed by atoms with E-state index in [0.29, 0.717) is 13.1 Å². The van der Waals surface area contributed by atoms with Gasteiger partial charge in [0.15, 0.2) is 0 Å². The van der Waals surface area contributed by atoms with Gasteiger partial charge in [0.25, 0.3) is 5.97 Å². The number of unbranched alkanes of at least 4 members (excludes halogenated alkanes) is 9. The number of phosphoric ester groups is 1. The van der Waals surface area contributed by atoms with E-state index in [2.05, 4.69) is 16.8 Å². The van der Waals surface area contributed by atoms with Crippen LogP contribution >= 0.6 is 7.82 Å². The van der Waals surface area contributed by atoms with E-state index in [1.807, 2.05) is 0 Å². The molecule has 172 valence electrons. The molecule has 0 saturated carbocycles. The van der Waals surface area contributed by atoms with E-state index in [9.17, 15) is 4.57 Å². The zero-order chi connectivity index (χ0) is 21.9. The molecule has 0 radical (unpaired) electrons. The number of hydrogen-bond donors (Lipinski definition) is 8. The minimum atomic E-state index is -4.24. The van der Waals surface area contributed by atoms with E-state index in [1.54, 1.807) is 0 Å². The highest BCUT2D eigenvalue weighted by Crippen LogP contribution is 2.35. The molecule has 0 fully saturated rings. The predicted octanol–water partition coefficient (Wildman–Crippen LogP) is 0.890. The van der Waals surface area contributed by atoms with Crippen LogP contribution in [0.15, 0.2) is 0 Å². The van der Waals surface area contributed by atoms with Crippen molar-refractivity contribution in [3.05, 3.63) is 0 Å². The van der Waals surface area contributed by atoms with E-state index < -0.39 is 26.4 Å². The Kier molecular flexibility index (Phi) is 20.3. The van der Waals surface area contributed by atoms with Crippen LogP contribution in [0.4, 0.5) is 0 Å². The second-order valence-corrected chi connectivity index (χ2v) is 7.98. The van der Waals surface area contributed by atoms with Crippen molar-refractivity contribution in [1.29, 1.82) is 0 Å². The van der Waals surface area contributed by atoms with Gasteiger partial charge in [-0.1, -0.05) is 64.7 Å². The fourth-order valence-corrected chi connectivity index (χ4v) is 2.72. The van der Waals surface area contributed by atoms with Gasteiger partial charge in [-0.25, -0.2) is 4.57 Å². The first kappa shape index (κ1) is 30.1. The average molecular weight is 432 g/mol. The Morgan fingerprint density at radius 1 is 0.964 bits per heavy atom. The number of nitrogens with two attached hydrogens (primary N) is 1. The van der Waals surface area contributed by atoms with E-state index in [0.717, 1.165) is 19.3 Å². The first-order valence-corrected chi connectivity index (χ1v) is 11.5. The van der Waals surface area contributed by atoms with Crippen molar-refractivity contribution < 1.29 is 39.3 Å². The third-order valence-corrected chi connectivity index (χ3v) is 4.27. The molecule has 0 aliphatic rings.